The van der Waals surface area contributed by atoms with Gasteiger partial charge in [0.05, 0.1) is 11.0 Å². The second-order valence-corrected chi connectivity index (χ2v) is 4.52. The Bertz CT molecular complexity index is 590. The van der Waals surface area contributed by atoms with Crippen LogP contribution in [-0.2, 0) is 11.8 Å². The first kappa shape index (κ1) is 13.5. The summed E-state index contributed by atoms with van der Waals surface area (Å²) in [5.74, 6) is 0.869. The van der Waals surface area contributed by atoms with Crippen molar-refractivity contribution in [3.05, 3.63) is 29.6 Å². The molecular weight excluding hydrogens is 242 g/mol. The van der Waals surface area contributed by atoms with Gasteiger partial charge in [0.15, 0.2) is 0 Å². The summed E-state index contributed by atoms with van der Waals surface area (Å²) in [4.78, 5) is 16.4. The Hall–Kier alpha value is -1.88. The van der Waals surface area contributed by atoms with Crippen molar-refractivity contribution in [2.45, 2.75) is 13.3 Å². The average Bonchev–Trinajstić information content (AvgIpc) is 2.69. The normalized spacial score (nSPS) is 10.9. The quantitative estimate of drug-likeness (QED) is 0.833. The highest BCUT2D eigenvalue weighted by atomic mass is 16.5. The number of imidazole rings is 1. The largest absolute Gasteiger partial charge is 0.385 e. The molecule has 2 rings (SSSR count). The van der Waals surface area contributed by atoms with Gasteiger partial charge >= 0.3 is 0 Å². The minimum atomic E-state index is -0.0682. The number of hydrogen-bond acceptors (Lipinski definition) is 3. The van der Waals surface area contributed by atoms with E-state index < -0.39 is 0 Å². The monoisotopic (exact) mass is 261 g/mol. The van der Waals surface area contributed by atoms with Crippen LogP contribution in [0.1, 0.15) is 22.6 Å². The topological polar surface area (TPSA) is 56.1 Å². The lowest BCUT2D eigenvalue weighted by molar-refractivity contribution is 0.0948. The highest BCUT2D eigenvalue weighted by molar-refractivity contribution is 5.97. The Morgan fingerprint density at radius 2 is 2.26 bits per heavy atom. The molecule has 19 heavy (non-hydrogen) atoms. The molecule has 0 aliphatic heterocycles. The number of aryl methyl sites for hydroxylation is 2. The van der Waals surface area contributed by atoms with E-state index in [4.69, 9.17) is 4.74 Å². The van der Waals surface area contributed by atoms with Gasteiger partial charge in [0.25, 0.3) is 5.91 Å². The zero-order valence-corrected chi connectivity index (χ0v) is 11.6. The number of ether oxygens (including phenoxy) is 1. The molecule has 1 aromatic heterocycles. The third-order valence-corrected chi connectivity index (χ3v) is 3.18. The molecule has 0 unspecified atom stereocenters. The second-order valence-electron chi connectivity index (χ2n) is 4.52. The number of rotatable bonds is 5. The summed E-state index contributed by atoms with van der Waals surface area (Å²) in [5.41, 5.74) is 2.53. The number of methoxy groups -OCH3 is 1. The minimum absolute atomic E-state index is 0.0682. The van der Waals surface area contributed by atoms with Crippen molar-refractivity contribution in [3.63, 3.8) is 0 Å². The van der Waals surface area contributed by atoms with E-state index >= 15 is 0 Å². The lowest BCUT2D eigenvalue weighted by Gasteiger charge is -2.05. The van der Waals surface area contributed by atoms with E-state index in [0.29, 0.717) is 18.7 Å². The summed E-state index contributed by atoms with van der Waals surface area (Å²) < 4.78 is 6.95. The molecule has 0 atom stereocenters. The van der Waals surface area contributed by atoms with Gasteiger partial charge in [0, 0.05) is 32.9 Å². The zero-order valence-electron chi connectivity index (χ0n) is 11.6. The van der Waals surface area contributed by atoms with E-state index in [1.807, 2.05) is 36.7 Å². The third kappa shape index (κ3) is 2.93. The summed E-state index contributed by atoms with van der Waals surface area (Å²) in [5, 5.41) is 2.87. The highest BCUT2D eigenvalue weighted by Gasteiger charge is 2.09. The van der Waals surface area contributed by atoms with Gasteiger partial charge in [-0.25, -0.2) is 4.98 Å². The Balaban J connectivity index is 2.10. The smallest absolute Gasteiger partial charge is 0.251 e. The van der Waals surface area contributed by atoms with Gasteiger partial charge < -0.3 is 14.6 Å². The summed E-state index contributed by atoms with van der Waals surface area (Å²) in [7, 11) is 3.62. The molecule has 0 bridgehead atoms. The molecule has 5 heteroatoms. The SMILES string of the molecule is COCCCNC(=O)c1ccc2c(c1)nc(C)n2C. The van der Waals surface area contributed by atoms with Crippen molar-refractivity contribution >= 4 is 16.9 Å². The van der Waals surface area contributed by atoms with Gasteiger partial charge in [-0.05, 0) is 31.5 Å². The molecule has 0 fully saturated rings. The van der Waals surface area contributed by atoms with Gasteiger partial charge in [-0.1, -0.05) is 0 Å². The van der Waals surface area contributed by atoms with Crippen LogP contribution < -0.4 is 5.32 Å². The van der Waals surface area contributed by atoms with Crippen molar-refractivity contribution in [1.29, 1.82) is 0 Å². The number of fused-ring (bicyclic) bond motifs is 1. The molecule has 0 aliphatic rings. The fraction of sp³-hybridized carbons (Fsp3) is 0.429. The van der Waals surface area contributed by atoms with Crippen molar-refractivity contribution in [1.82, 2.24) is 14.9 Å². The van der Waals surface area contributed by atoms with Crippen LogP contribution in [0.4, 0.5) is 0 Å². The number of carbonyl (C=O) groups is 1. The van der Waals surface area contributed by atoms with Crippen LogP contribution in [0.2, 0.25) is 0 Å². The molecule has 1 N–H and O–H groups in total. The molecule has 1 aromatic carbocycles. The van der Waals surface area contributed by atoms with E-state index in [1.165, 1.54) is 0 Å². The number of nitrogens with zero attached hydrogens (tertiary/aromatic N) is 2. The number of amides is 1. The van der Waals surface area contributed by atoms with Crippen LogP contribution in [0.3, 0.4) is 0 Å². The number of nitrogens with one attached hydrogen (secondary N) is 1. The second kappa shape index (κ2) is 5.84. The fourth-order valence-electron chi connectivity index (χ4n) is 1.98. The van der Waals surface area contributed by atoms with Crippen LogP contribution in [0, 0.1) is 6.92 Å². The number of aromatic nitrogens is 2. The Kier molecular flexibility index (Phi) is 4.16. The molecule has 1 amide bonds. The highest BCUT2D eigenvalue weighted by Crippen LogP contribution is 2.16. The molecule has 0 saturated carbocycles. The van der Waals surface area contributed by atoms with E-state index in [0.717, 1.165) is 23.3 Å². The predicted octanol–water partition coefficient (Wildman–Crippen LogP) is 1.65. The minimum Gasteiger partial charge on any atom is -0.385 e. The van der Waals surface area contributed by atoms with Crippen molar-refractivity contribution in [2.75, 3.05) is 20.3 Å². The molecule has 2 aromatic rings. The Morgan fingerprint density at radius 3 is 3.00 bits per heavy atom. The van der Waals surface area contributed by atoms with Crippen LogP contribution in [-0.4, -0.2) is 35.7 Å². The van der Waals surface area contributed by atoms with Gasteiger partial charge in [-0.3, -0.25) is 4.79 Å². The molecule has 0 saturated heterocycles. The molecule has 5 nitrogen and oxygen atoms in total. The third-order valence-electron chi connectivity index (χ3n) is 3.18. The molecule has 0 spiro atoms. The van der Waals surface area contributed by atoms with Crippen LogP contribution in [0.5, 0.6) is 0 Å². The van der Waals surface area contributed by atoms with Crippen molar-refractivity contribution in [2.24, 2.45) is 7.05 Å². The number of hydrogen-bond donors (Lipinski definition) is 1. The Labute approximate surface area is 112 Å². The lowest BCUT2D eigenvalue weighted by Crippen LogP contribution is -2.25. The molecule has 102 valence electrons. The van der Waals surface area contributed by atoms with Crippen LogP contribution in [0.15, 0.2) is 18.2 Å². The molecule has 0 radical (unpaired) electrons. The van der Waals surface area contributed by atoms with E-state index in [2.05, 4.69) is 10.3 Å². The fourth-order valence-corrected chi connectivity index (χ4v) is 1.98. The first-order valence-electron chi connectivity index (χ1n) is 6.33. The molecule has 1 heterocycles. The summed E-state index contributed by atoms with van der Waals surface area (Å²) in [6.45, 7) is 3.22. The van der Waals surface area contributed by atoms with Crippen molar-refractivity contribution in [3.8, 4) is 0 Å². The molecular formula is C14H19N3O2. The summed E-state index contributed by atoms with van der Waals surface area (Å²) in [6, 6.07) is 5.59. The van der Waals surface area contributed by atoms with E-state index in [9.17, 15) is 4.79 Å². The summed E-state index contributed by atoms with van der Waals surface area (Å²) in [6.07, 6.45) is 0.813. The first-order chi connectivity index (χ1) is 9.13. The van der Waals surface area contributed by atoms with Gasteiger partial charge in [0.2, 0.25) is 0 Å². The van der Waals surface area contributed by atoms with Gasteiger partial charge in [-0.2, -0.15) is 0 Å². The summed E-state index contributed by atoms with van der Waals surface area (Å²) >= 11 is 0. The van der Waals surface area contributed by atoms with Crippen molar-refractivity contribution < 1.29 is 9.53 Å². The average molecular weight is 261 g/mol. The standard InChI is InChI=1S/C14H19N3O2/c1-10-16-12-9-11(5-6-13(12)17(10)2)14(18)15-7-4-8-19-3/h5-6,9H,4,7-8H2,1-3H3,(H,15,18). The maximum Gasteiger partial charge on any atom is 0.251 e. The van der Waals surface area contributed by atoms with Gasteiger partial charge in [-0.15, -0.1) is 0 Å². The maximum atomic E-state index is 12.0. The molecule has 0 aliphatic carbocycles. The van der Waals surface area contributed by atoms with Gasteiger partial charge in [0.1, 0.15) is 5.82 Å². The number of carbonyl (C=O) groups excluding carboxylic acids is 1. The van der Waals surface area contributed by atoms with E-state index in [1.54, 1.807) is 7.11 Å². The van der Waals surface area contributed by atoms with E-state index in [-0.39, 0.29) is 5.91 Å². The maximum absolute atomic E-state index is 12.0. The number of benzene rings is 1. The first-order valence-corrected chi connectivity index (χ1v) is 6.33. The van der Waals surface area contributed by atoms with Crippen LogP contribution in [0.25, 0.3) is 11.0 Å². The Morgan fingerprint density at radius 1 is 1.47 bits per heavy atom. The predicted molar refractivity (Wildman–Crippen MR) is 74.3 cm³/mol. The zero-order chi connectivity index (χ0) is 13.8. The lowest BCUT2D eigenvalue weighted by atomic mass is 10.2. The van der Waals surface area contributed by atoms with Crippen LogP contribution >= 0.6 is 0 Å².